The van der Waals surface area contributed by atoms with Gasteiger partial charge in [-0.1, -0.05) is 96.0 Å². The zero-order valence-electron chi connectivity index (χ0n) is 44.8. The average Bonchev–Trinajstić information content (AvgIpc) is 3.95. The second kappa shape index (κ2) is 24.3. The van der Waals surface area contributed by atoms with Crippen molar-refractivity contribution in [2.45, 2.75) is 139 Å². The van der Waals surface area contributed by atoms with Gasteiger partial charge in [0.15, 0.2) is 0 Å². The molecule has 16 nitrogen and oxygen atoms in total. The molecule has 0 bridgehead atoms. The van der Waals surface area contributed by atoms with Crippen LogP contribution in [-0.2, 0) is 53.6 Å². The van der Waals surface area contributed by atoms with Gasteiger partial charge in [-0.2, -0.15) is 0 Å². The van der Waals surface area contributed by atoms with Gasteiger partial charge in [-0.3, -0.25) is 18.2 Å². The molecule has 406 valence electrons. The van der Waals surface area contributed by atoms with Gasteiger partial charge in [0.05, 0.1) is 61.7 Å². The van der Waals surface area contributed by atoms with Crippen LogP contribution in [0.25, 0.3) is 22.1 Å². The van der Waals surface area contributed by atoms with Gasteiger partial charge in [0.2, 0.25) is 11.8 Å². The summed E-state index contributed by atoms with van der Waals surface area (Å²) < 4.78 is 60.9. The van der Waals surface area contributed by atoms with Crippen molar-refractivity contribution in [3.05, 3.63) is 96.6 Å². The molecule has 4 aromatic carbocycles. The van der Waals surface area contributed by atoms with E-state index in [4.69, 9.17) is 15.1 Å². The molecule has 75 heavy (non-hydrogen) atoms. The van der Waals surface area contributed by atoms with E-state index in [1.807, 2.05) is 36.4 Å². The maximum atomic E-state index is 13.4. The summed E-state index contributed by atoms with van der Waals surface area (Å²) in [4.78, 5) is 33.8. The first kappa shape index (κ1) is 57.4. The molecular weight excluding hydrogens is 1050 g/mol. The molecule has 2 fully saturated rings. The highest BCUT2D eigenvalue weighted by molar-refractivity contribution is 9.09. The van der Waals surface area contributed by atoms with Gasteiger partial charge in [-0.25, -0.2) is 26.8 Å². The van der Waals surface area contributed by atoms with E-state index in [2.05, 4.69) is 82.6 Å². The van der Waals surface area contributed by atoms with Crippen molar-refractivity contribution in [1.29, 1.82) is 0 Å². The number of rotatable bonds is 17. The van der Waals surface area contributed by atoms with Crippen molar-refractivity contribution in [3.8, 4) is 0 Å². The zero-order chi connectivity index (χ0) is 54.3. The number of nitrogens with one attached hydrogen (secondary N) is 3. The van der Waals surface area contributed by atoms with Crippen molar-refractivity contribution in [1.82, 2.24) is 24.4 Å². The molecule has 0 spiro atoms. The van der Waals surface area contributed by atoms with Crippen LogP contribution in [0.15, 0.2) is 94.7 Å². The molecule has 2 heterocycles. The first-order valence-corrected chi connectivity index (χ1v) is 30.2. The second-order valence-corrected chi connectivity index (χ2v) is 26.6. The van der Waals surface area contributed by atoms with Crippen LogP contribution in [0.1, 0.15) is 117 Å². The molecule has 0 radical (unpaired) electrons. The summed E-state index contributed by atoms with van der Waals surface area (Å²) in [7, 11) is -4.52. The summed E-state index contributed by atoms with van der Waals surface area (Å²) in [6.45, 7) is 15.2. The average molecular weight is 1130 g/mol. The van der Waals surface area contributed by atoms with Crippen molar-refractivity contribution in [2.75, 3.05) is 58.4 Å². The van der Waals surface area contributed by atoms with Crippen molar-refractivity contribution >= 4 is 92.6 Å². The zero-order valence-corrected chi connectivity index (χ0v) is 48.0. The van der Waals surface area contributed by atoms with E-state index in [0.717, 1.165) is 46.8 Å². The first-order valence-electron chi connectivity index (χ1n) is 26.2. The summed E-state index contributed by atoms with van der Waals surface area (Å²) in [5, 5.41) is 17.2. The molecule has 2 aliphatic carbocycles. The second-order valence-electron chi connectivity index (χ2n) is 22.1. The van der Waals surface area contributed by atoms with Gasteiger partial charge in [-0.15, -0.1) is 0 Å². The number of amides is 2. The number of benzene rings is 4. The van der Waals surface area contributed by atoms with Gasteiger partial charge in [-0.05, 0) is 122 Å². The lowest BCUT2D eigenvalue weighted by Gasteiger charge is -2.26. The number of aromatic nitrogens is 4. The Labute approximate surface area is 452 Å². The maximum absolute atomic E-state index is 13.4. The number of anilines is 4. The number of nitrogens with zero attached hydrogens (tertiary/aromatic N) is 6. The lowest BCUT2D eigenvalue weighted by Crippen LogP contribution is -2.30. The smallest absolute Gasteiger partial charge is 0.264 e. The van der Waals surface area contributed by atoms with Crippen LogP contribution in [0.4, 0.5) is 22.7 Å². The number of alkyl halides is 1. The molecule has 8 rings (SSSR count). The fraction of sp³-hybridized carbons (Fsp3) is 0.500. The van der Waals surface area contributed by atoms with Crippen LogP contribution in [0.3, 0.4) is 0 Å². The number of aliphatic hydroxyl groups is 1. The van der Waals surface area contributed by atoms with E-state index in [0.29, 0.717) is 41.1 Å². The SMILES string of the molecule is CN(c1ccc2c(c1)nc(C(C)(C)C)n2CC1CCCCC1)S(=O)(=O)c1ccc(NC(=O)CBr)cc1.CN(c1ccc2c(c1)nc(C(C)(C)C)n2CC1CCCCC1)S(=O)(=O)c1ccc(NC(=O)CNCCO)cc1. The fourth-order valence-electron chi connectivity index (χ4n) is 10.1. The number of fused-ring (bicyclic) bond motifs is 2. The van der Waals surface area contributed by atoms with E-state index >= 15 is 0 Å². The summed E-state index contributed by atoms with van der Waals surface area (Å²) >= 11 is 3.10. The highest BCUT2D eigenvalue weighted by Gasteiger charge is 2.30. The molecule has 2 amide bonds. The van der Waals surface area contributed by atoms with Gasteiger partial charge < -0.3 is 30.2 Å². The van der Waals surface area contributed by atoms with E-state index < -0.39 is 20.0 Å². The standard InChI is InChI=1S/C29H41N5O4S.C27H35BrN4O3S/c1-29(2,3)28-32-25-18-23(12-15-26(25)34(28)20-21-8-6-5-7-9-21)33(4)39(37,38)24-13-10-22(11-14-24)31-27(36)19-30-16-17-35;1-27(2,3)26-30-23-16-21(12-15-24(23)32(26)18-19-8-6-5-7-9-19)31(4)36(34,35)22-13-10-20(11-14-22)29-25(33)17-28/h10-15,18,21,30,35H,5-9,16-17,19-20H2,1-4H3,(H,31,36);10-16,19H,5-9,17-18H2,1-4H3,(H,29,33). The number of hydrogen-bond acceptors (Lipinski definition) is 10. The molecule has 0 saturated heterocycles. The minimum atomic E-state index is -3.83. The van der Waals surface area contributed by atoms with Crippen LogP contribution in [-0.4, -0.2) is 92.0 Å². The van der Waals surface area contributed by atoms with Crippen molar-refractivity contribution in [3.63, 3.8) is 0 Å². The number of carbonyl (C=O) groups is 2. The van der Waals surface area contributed by atoms with Crippen LogP contribution in [0, 0.1) is 11.8 Å². The predicted molar refractivity (Wildman–Crippen MR) is 305 cm³/mol. The Morgan fingerprint density at radius 3 is 1.36 bits per heavy atom. The Balaban J connectivity index is 0.000000219. The Hall–Kier alpha value is -5.34. The topological polar surface area (TPSA) is 201 Å². The lowest BCUT2D eigenvalue weighted by molar-refractivity contribution is -0.115. The van der Waals surface area contributed by atoms with Crippen LogP contribution in [0.5, 0.6) is 0 Å². The third-order valence-electron chi connectivity index (χ3n) is 14.2. The molecule has 6 aromatic rings. The third-order valence-corrected chi connectivity index (χ3v) is 18.3. The third kappa shape index (κ3) is 14.0. The van der Waals surface area contributed by atoms with E-state index in [1.165, 1.54) is 97.1 Å². The monoisotopic (exact) mass is 1130 g/mol. The molecule has 2 aliphatic rings. The largest absolute Gasteiger partial charge is 0.395 e. The molecule has 0 atom stereocenters. The number of imidazole rings is 2. The van der Waals surface area contributed by atoms with Crippen molar-refractivity contribution < 1.29 is 31.5 Å². The fourth-order valence-corrected chi connectivity index (χ4v) is 12.6. The van der Waals surface area contributed by atoms with E-state index in [1.54, 1.807) is 38.4 Å². The van der Waals surface area contributed by atoms with Crippen LogP contribution < -0.4 is 24.6 Å². The minimum absolute atomic E-state index is 0.0547. The first-order chi connectivity index (χ1) is 35.5. The highest BCUT2D eigenvalue weighted by atomic mass is 79.9. The number of carbonyl (C=O) groups excluding carboxylic acids is 2. The van der Waals surface area contributed by atoms with E-state index in [9.17, 15) is 26.4 Å². The Kier molecular flexibility index (Phi) is 18.6. The molecule has 19 heteroatoms. The molecule has 2 saturated carbocycles. The molecule has 0 aliphatic heterocycles. The maximum Gasteiger partial charge on any atom is 0.264 e. The summed E-state index contributed by atoms with van der Waals surface area (Å²) in [6, 6.07) is 23.7. The number of sulfonamides is 2. The quantitative estimate of drug-likeness (QED) is 0.0503. The summed E-state index contributed by atoms with van der Waals surface area (Å²) in [5.41, 5.74) is 5.55. The summed E-state index contributed by atoms with van der Waals surface area (Å²) in [6.07, 6.45) is 12.8. The Bertz CT molecular complexity index is 3150. The number of hydrogen-bond donors (Lipinski definition) is 4. The number of halogens is 1. The Morgan fingerprint density at radius 1 is 0.613 bits per heavy atom. The molecule has 2 aromatic heterocycles. The van der Waals surface area contributed by atoms with E-state index in [-0.39, 0.29) is 50.9 Å². The highest BCUT2D eigenvalue weighted by Crippen LogP contribution is 2.36. The summed E-state index contributed by atoms with van der Waals surface area (Å²) in [5.74, 6) is 2.88. The minimum Gasteiger partial charge on any atom is -0.395 e. The lowest BCUT2D eigenvalue weighted by atomic mass is 9.88. The predicted octanol–water partition coefficient (Wildman–Crippen LogP) is 10.3. The Morgan fingerprint density at radius 2 is 1.00 bits per heavy atom. The van der Waals surface area contributed by atoms with Gasteiger partial charge in [0.25, 0.3) is 20.0 Å². The van der Waals surface area contributed by atoms with Crippen LogP contribution >= 0.6 is 15.9 Å². The molecule has 0 unspecified atom stereocenters. The number of aliphatic hydroxyl groups excluding tert-OH is 1. The molecular formula is C56H76BrN9O7S2. The van der Waals surface area contributed by atoms with Crippen molar-refractivity contribution in [2.24, 2.45) is 11.8 Å². The normalized spacial score (nSPS) is 15.1. The van der Waals surface area contributed by atoms with Crippen LogP contribution in [0.2, 0.25) is 0 Å². The van der Waals surface area contributed by atoms with Gasteiger partial charge >= 0.3 is 0 Å². The van der Waals surface area contributed by atoms with Gasteiger partial charge in [0, 0.05) is 55.9 Å². The van der Waals surface area contributed by atoms with Gasteiger partial charge in [0.1, 0.15) is 11.6 Å². The molecule has 4 N–H and O–H groups in total.